The number of thiophene rings is 1. The van der Waals surface area contributed by atoms with E-state index in [9.17, 15) is 0 Å². The van der Waals surface area contributed by atoms with Gasteiger partial charge in [-0.15, -0.1) is 11.3 Å². The van der Waals surface area contributed by atoms with E-state index in [1.807, 2.05) is 0 Å². The monoisotopic (exact) mass is 358 g/mol. The Kier molecular flexibility index (Phi) is 6.71. The Morgan fingerprint density at radius 1 is 1.16 bits per heavy atom. The summed E-state index contributed by atoms with van der Waals surface area (Å²) >= 11 is 1.75. The number of guanidine groups is 1. The molecule has 6 heteroatoms. The van der Waals surface area contributed by atoms with E-state index in [1.165, 1.54) is 16.1 Å². The smallest absolute Gasteiger partial charge is 0.191 e. The second-order valence-electron chi connectivity index (χ2n) is 5.86. The van der Waals surface area contributed by atoms with Gasteiger partial charge in [-0.25, -0.2) is 4.99 Å². The maximum atomic E-state index is 5.47. The van der Waals surface area contributed by atoms with Crippen molar-refractivity contribution in [3.05, 3.63) is 52.2 Å². The first-order valence-corrected chi connectivity index (χ1v) is 9.70. The normalized spacial score (nSPS) is 15.2. The highest BCUT2D eigenvalue weighted by atomic mass is 32.1. The molecule has 2 N–H and O–H groups in total. The second-order valence-corrected chi connectivity index (χ2v) is 6.89. The van der Waals surface area contributed by atoms with Crippen molar-refractivity contribution < 1.29 is 4.74 Å². The summed E-state index contributed by atoms with van der Waals surface area (Å²) in [6, 6.07) is 12.7. The van der Waals surface area contributed by atoms with Crippen molar-refractivity contribution >= 4 is 23.0 Å². The van der Waals surface area contributed by atoms with Crippen LogP contribution in [0, 0.1) is 0 Å². The molecule has 2 aromatic rings. The van der Waals surface area contributed by atoms with Crippen molar-refractivity contribution in [1.82, 2.24) is 10.6 Å². The minimum absolute atomic E-state index is 0.660. The van der Waals surface area contributed by atoms with E-state index in [2.05, 4.69) is 64.2 Å². The van der Waals surface area contributed by atoms with E-state index in [4.69, 9.17) is 9.73 Å². The first-order valence-electron chi connectivity index (χ1n) is 8.82. The lowest BCUT2D eigenvalue weighted by molar-refractivity contribution is 0.122. The fourth-order valence-electron chi connectivity index (χ4n) is 2.85. The van der Waals surface area contributed by atoms with Gasteiger partial charge in [0, 0.05) is 30.2 Å². The molecule has 25 heavy (non-hydrogen) atoms. The van der Waals surface area contributed by atoms with Crippen LogP contribution < -0.4 is 15.5 Å². The molecule has 0 unspecified atom stereocenters. The van der Waals surface area contributed by atoms with Crippen LogP contribution in [0.3, 0.4) is 0 Å². The Labute approximate surface area is 153 Å². The lowest BCUT2D eigenvalue weighted by Crippen LogP contribution is -2.37. The Bertz CT molecular complexity index is 666. The van der Waals surface area contributed by atoms with Gasteiger partial charge in [-0.05, 0) is 30.0 Å². The van der Waals surface area contributed by atoms with Crippen molar-refractivity contribution in [2.24, 2.45) is 4.99 Å². The maximum absolute atomic E-state index is 5.47. The Balaban J connectivity index is 1.67. The number of benzene rings is 1. The maximum Gasteiger partial charge on any atom is 0.191 e. The molecule has 2 heterocycles. The third kappa shape index (κ3) is 5.21. The molecule has 0 bridgehead atoms. The van der Waals surface area contributed by atoms with Crippen molar-refractivity contribution in [2.45, 2.75) is 20.0 Å². The fourth-order valence-corrected chi connectivity index (χ4v) is 3.49. The molecule has 1 aromatic carbocycles. The van der Waals surface area contributed by atoms with Crippen molar-refractivity contribution in [3.63, 3.8) is 0 Å². The summed E-state index contributed by atoms with van der Waals surface area (Å²) in [4.78, 5) is 8.47. The highest BCUT2D eigenvalue weighted by molar-refractivity contribution is 7.09. The van der Waals surface area contributed by atoms with Crippen LogP contribution in [0.5, 0.6) is 0 Å². The molecule has 0 aliphatic carbocycles. The summed E-state index contributed by atoms with van der Waals surface area (Å²) in [5.74, 6) is 0.854. The summed E-state index contributed by atoms with van der Waals surface area (Å²) in [5.41, 5.74) is 2.52. The van der Waals surface area contributed by atoms with Crippen molar-refractivity contribution in [3.8, 4) is 0 Å². The van der Waals surface area contributed by atoms with Crippen LogP contribution in [-0.4, -0.2) is 38.8 Å². The molecule has 3 rings (SSSR count). The molecule has 1 aromatic heterocycles. The minimum Gasteiger partial charge on any atom is -0.378 e. The molecule has 0 spiro atoms. The number of nitrogens with zero attached hydrogens (tertiary/aromatic N) is 2. The highest BCUT2D eigenvalue weighted by Gasteiger charge is 2.14. The van der Waals surface area contributed by atoms with Crippen molar-refractivity contribution in [1.29, 1.82) is 0 Å². The van der Waals surface area contributed by atoms with E-state index in [1.54, 1.807) is 11.3 Å². The lowest BCUT2D eigenvalue weighted by Gasteiger charge is -2.30. The molecule has 1 aliphatic rings. The van der Waals surface area contributed by atoms with Crippen LogP contribution in [0.2, 0.25) is 0 Å². The van der Waals surface area contributed by atoms with Crippen LogP contribution in [0.15, 0.2) is 46.8 Å². The molecule has 5 nitrogen and oxygen atoms in total. The first-order chi connectivity index (χ1) is 12.4. The number of ether oxygens (including phenoxy) is 1. The summed E-state index contributed by atoms with van der Waals surface area (Å²) in [5, 5.41) is 8.83. The molecule has 0 atom stereocenters. The van der Waals surface area contributed by atoms with Gasteiger partial charge in [0.05, 0.1) is 26.3 Å². The number of rotatable bonds is 6. The number of morpholine rings is 1. The Morgan fingerprint density at radius 2 is 2.00 bits per heavy atom. The van der Waals surface area contributed by atoms with Gasteiger partial charge in [0.2, 0.25) is 0 Å². The fraction of sp³-hybridized carbons (Fsp3) is 0.421. The Hall–Kier alpha value is -2.05. The van der Waals surface area contributed by atoms with Crippen molar-refractivity contribution in [2.75, 3.05) is 37.7 Å². The summed E-state index contributed by atoms with van der Waals surface area (Å²) in [6.45, 7) is 7.87. The van der Waals surface area contributed by atoms with Gasteiger partial charge < -0.3 is 20.3 Å². The molecule has 0 radical (unpaired) electrons. The molecule has 0 amide bonds. The van der Waals surface area contributed by atoms with E-state index in [0.717, 1.165) is 45.4 Å². The highest BCUT2D eigenvalue weighted by Crippen LogP contribution is 2.22. The third-order valence-corrected chi connectivity index (χ3v) is 4.98. The third-order valence-electron chi connectivity index (χ3n) is 4.11. The van der Waals surface area contributed by atoms with Gasteiger partial charge >= 0.3 is 0 Å². The minimum atomic E-state index is 0.660. The second kappa shape index (κ2) is 9.44. The van der Waals surface area contributed by atoms with Gasteiger partial charge in [0.1, 0.15) is 0 Å². The zero-order chi connectivity index (χ0) is 17.3. The quantitative estimate of drug-likeness (QED) is 0.616. The predicted octanol–water partition coefficient (Wildman–Crippen LogP) is 2.84. The number of hydrogen-bond donors (Lipinski definition) is 2. The zero-order valence-electron chi connectivity index (χ0n) is 14.7. The van der Waals surface area contributed by atoms with Crippen LogP contribution in [-0.2, 0) is 17.8 Å². The van der Waals surface area contributed by atoms with Crippen LogP contribution in [0.25, 0.3) is 0 Å². The average Bonchev–Trinajstić information content (AvgIpc) is 3.18. The summed E-state index contributed by atoms with van der Waals surface area (Å²) in [7, 11) is 0. The van der Waals surface area contributed by atoms with Gasteiger partial charge in [-0.3, -0.25) is 0 Å². The number of anilines is 1. The first kappa shape index (κ1) is 17.8. The van der Waals surface area contributed by atoms with E-state index in [-0.39, 0.29) is 0 Å². The molecule has 0 saturated carbocycles. The Morgan fingerprint density at radius 3 is 2.76 bits per heavy atom. The van der Waals surface area contributed by atoms with Gasteiger partial charge in [0.15, 0.2) is 5.96 Å². The zero-order valence-corrected chi connectivity index (χ0v) is 15.5. The molecular formula is C19H26N4OS. The van der Waals surface area contributed by atoms with Gasteiger partial charge in [0.25, 0.3) is 0 Å². The molecule has 1 fully saturated rings. The number of nitrogens with one attached hydrogen (secondary N) is 2. The average molecular weight is 359 g/mol. The summed E-state index contributed by atoms with van der Waals surface area (Å²) < 4.78 is 5.47. The summed E-state index contributed by atoms with van der Waals surface area (Å²) in [6.07, 6.45) is 0. The van der Waals surface area contributed by atoms with E-state index >= 15 is 0 Å². The lowest BCUT2D eigenvalue weighted by atomic mass is 10.1. The van der Waals surface area contributed by atoms with Gasteiger partial charge in [-0.1, -0.05) is 24.3 Å². The molecule has 1 aliphatic heterocycles. The predicted molar refractivity (Wildman–Crippen MR) is 105 cm³/mol. The van der Waals surface area contributed by atoms with E-state index in [0.29, 0.717) is 6.54 Å². The molecule has 1 saturated heterocycles. The van der Waals surface area contributed by atoms with Crippen LogP contribution in [0.1, 0.15) is 17.4 Å². The molecule has 134 valence electrons. The largest absolute Gasteiger partial charge is 0.378 e. The molecular weight excluding hydrogens is 332 g/mol. The SMILES string of the molecule is CCNC(=NCc1ccccc1N1CCOCC1)NCc1cccs1. The topological polar surface area (TPSA) is 48.9 Å². The van der Waals surface area contributed by atoms with Crippen LogP contribution in [0.4, 0.5) is 5.69 Å². The van der Waals surface area contributed by atoms with Gasteiger partial charge in [-0.2, -0.15) is 0 Å². The van der Waals surface area contributed by atoms with E-state index < -0.39 is 0 Å². The number of aliphatic imine (C=N–C) groups is 1. The number of hydrogen-bond acceptors (Lipinski definition) is 4. The van der Waals surface area contributed by atoms with Crippen LogP contribution >= 0.6 is 11.3 Å². The number of para-hydroxylation sites is 1. The standard InChI is InChI=1S/C19H26N4OS/c1-2-20-19(22-15-17-7-5-13-25-17)21-14-16-6-3-4-8-18(16)23-9-11-24-12-10-23/h3-8,13H,2,9-12,14-15H2,1H3,(H2,20,21,22).